The van der Waals surface area contributed by atoms with Gasteiger partial charge in [0, 0.05) is 24.8 Å². The third-order valence-electron chi connectivity index (χ3n) is 4.62. The summed E-state index contributed by atoms with van der Waals surface area (Å²) >= 11 is 0. The molecule has 1 aliphatic heterocycles. The first-order valence-corrected chi connectivity index (χ1v) is 10.8. The van der Waals surface area contributed by atoms with Crippen molar-refractivity contribution in [3.8, 4) is 0 Å². The highest BCUT2D eigenvalue weighted by Crippen LogP contribution is 2.22. The summed E-state index contributed by atoms with van der Waals surface area (Å²) in [5.41, 5.74) is 0.686. The van der Waals surface area contributed by atoms with Crippen molar-refractivity contribution in [3.05, 3.63) is 35.9 Å². The number of fused-ring (bicyclic) bond motifs is 1. The number of aromatic nitrogens is 2. The summed E-state index contributed by atoms with van der Waals surface area (Å²) in [6, 6.07) is 4.83. The maximum atomic E-state index is 13.2. The highest BCUT2D eigenvalue weighted by Gasteiger charge is 2.36. The predicted octanol–water partition coefficient (Wildman–Crippen LogP) is 1.12. The molecule has 1 N–H and O–H groups in total. The minimum Gasteiger partial charge on any atom is -0.347 e. The van der Waals surface area contributed by atoms with Gasteiger partial charge >= 0.3 is 0 Å². The van der Waals surface area contributed by atoms with Crippen molar-refractivity contribution in [2.24, 2.45) is 0 Å². The number of imidazole rings is 1. The van der Waals surface area contributed by atoms with Gasteiger partial charge < -0.3 is 10.2 Å². The van der Waals surface area contributed by atoms with Gasteiger partial charge in [0.25, 0.3) is 11.8 Å². The third-order valence-corrected chi connectivity index (χ3v) is 6.37. The van der Waals surface area contributed by atoms with Crippen LogP contribution in [0.25, 0.3) is 5.52 Å². The Morgan fingerprint density at radius 3 is 2.70 bits per heavy atom. The Morgan fingerprint density at radius 1 is 1.37 bits per heavy atom. The lowest BCUT2D eigenvalue weighted by atomic mass is 10.2. The second-order valence-corrected chi connectivity index (χ2v) is 9.24. The predicted molar refractivity (Wildman–Crippen MR) is 102 cm³/mol. The molecular weight excluding hydrogens is 368 g/mol. The third kappa shape index (κ3) is 3.83. The molecule has 2 aromatic rings. The topological polar surface area (TPSA) is 101 Å². The molecule has 3 heterocycles. The van der Waals surface area contributed by atoms with E-state index >= 15 is 0 Å². The quantitative estimate of drug-likeness (QED) is 0.822. The van der Waals surface area contributed by atoms with Crippen molar-refractivity contribution in [2.45, 2.75) is 39.3 Å². The minimum atomic E-state index is -3.11. The van der Waals surface area contributed by atoms with Crippen molar-refractivity contribution in [2.75, 3.05) is 18.1 Å². The maximum absolute atomic E-state index is 13.2. The first-order valence-electron chi connectivity index (χ1n) is 9.03. The van der Waals surface area contributed by atoms with Gasteiger partial charge in [0.15, 0.2) is 15.5 Å². The molecule has 146 valence electrons. The molecule has 0 aliphatic carbocycles. The van der Waals surface area contributed by atoms with Crippen molar-refractivity contribution in [3.63, 3.8) is 0 Å². The van der Waals surface area contributed by atoms with Crippen LogP contribution in [0.1, 0.15) is 48.3 Å². The lowest BCUT2D eigenvalue weighted by molar-refractivity contribution is 0.0705. The smallest absolute Gasteiger partial charge is 0.287 e. The Morgan fingerprint density at radius 2 is 2.11 bits per heavy atom. The summed E-state index contributed by atoms with van der Waals surface area (Å²) in [6.45, 7) is 5.88. The monoisotopic (exact) mass is 392 g/mol. The second kappa shape index (κ2) is 7.30. The van der Waals surface area contributed by atoms with E-state index in [1.54, 1.807) is 33.7 Å². The van der Waals surface area contributed by atoms with Crippen LogP contribution in [0.15, 0.2) is 24.4 Å². The summed E-state index contributed by atoms with van der Waals surface area (Å²) in [7, 11) is -3.11. The van der Waals surface area contributed by atoms with Crippen LogP contribution in [0.2, 0.25) is 0 Å². The van der Waals surface area contributed by atoms with E-state index in [0.29, 0.717) is 18.5 Å². The molecule has 0 radical (unpaired) electrons. The standard InChI is InChI=1S/C18H24N4O4S/c1-4-21(13-8-10-27(25,26)11-13)18(24)15-14-7-5-6-9-22(14)16(20-15)17(23)19-12(2)3/h5-7,9,12-13H,4,8,10-11H2,1-3H3,(H,19,23). The summed E-state index contributed by atoms with van der Waals surface area (Å²) in [4.78, 5) is 31.5. The van der Waals surface area contributed by atoms with Crippen LogP contribution in [0.4, 0.5) is 0 Å². The maximum Gasteiger partial charge on any atom is 0.287 e. The zero-order valence-electron chi connectivity index (χ0n) is 15.7. The number of rotatable bonds is 5. The van der Waals surface area contributed by atoms with E-state index in [2.05, 4.69) is 10.3 Å². The van der Waals surface area contributed by atoms with Crippen LogP contribution >= 0.6 is 0 Å². The average Bonchev–Trinajstić information content (AvgIpc) is 3.15. The molecule has 0 spiro atoms. The number of pyridine rings is 1. The Balaban J connectivity index is 2.00. The molecule has 0 bridgehead atoms. The van der Waals surface area contributed by atoms with Crippen LogP contribution in [0.5, 0.6) is 0 Å². The molecule has 1 aliphatic rings. The van der Waals surface area contributed by atoms with Gasteiger partial charge in [0.2, 0.25) is 5.82 Å². The lowest BCUT2D eigenvalue weighted by Crippen LogP contribution is -2.41. The van der Waals surface area contributed by atoms with Crippen LogP contribution < -0.4 is 5.32 Å². The number of hydrogen-bond acceptors (Lipinski definition) is 5. The zero-order chi connectivity index (χ0) is 19.8. The molecule has 27 heavy (non-hydrogen) atoms. The number of carbonyl (C=O) groups excluding carboxylic acids is 2. The van der Waals surface area contributed by atoms with Gasteiger partial charge in [0.05, 0.1) is 17.0 Å². The van der Waals surface area contributed by atoms with E-state index in [9.17, 15) is 18.0 Å². The Kier molecular flexibility index (Phi) is 5.23. The van der Waals surface area contributed by atoms with E-state index in [0.717, 1.165) is 0 Å². The molecule has 1 unspecified atom stereocenters. The SMILES string of the molecule is CCN(C(=O)c1nc(C(=O)NC(C)C)n2ccccc12)C1CCS(=O)(=O)C1. The summed E-state index contributed by atoms with van der Waals surface area (Å²) < 4.78 is 25.2. The molecule has 8 nitrogen and oxygen atoms in total. The summed E-state index contributed by atoms with van der Waals surface area (Å²) in [6.07, 6.45) is 2.11. The fourth-order valence-corrected chi connectivity index (χ4v) is 5.14. The number of nitrogens with zero attached hydrogens (tertiary/aromatic N) is 3. The highest BCUT2D eigenvalue weighted by atomic mass is 32.2. The van der Waals surface area contributed by atoms with E-state index in [4.69, 9.17) is 0 Å². The minimum absolute atomic E-state index is 0.0287. The van der Waals surface area contributed by atoms with Crippen LogP contribution in [-0.2, 0) is 9.84 Å². The molecule has 1 saturated heterocycles. The van der Waals surface area contributed by atoms with Crippen LogP contribution in [-0.4, -0.2) is 64.7 Å². The average molecular weight is 392 g/mol. The van der Waals surface area contributed by atoms with Crippen molar-refractivity contribution in [1.29, 1.82) is 0 Å². The van der Waals surface area contributed by atoms with Gasteiger partial charge in [-0.25, -0.2) is 13.4 Å². The molecule has 3 rings (SSSR count). The number of hydrogen-bond donors (Lipinski definition) is 1. The number of sulfone groups is 1. The fourth-order valence-electron chi connectivity index (χ4n) is 3.41. The van der Waals surface area contributed by atoms with Crippen molar-refractivity contribution in [1.82, 2.24) is 19.6 Å². The zero-order valence-corrected chi connectivity index (χ0v) is 16.5. The fraction of sp³-hybridized carbons (Fsp3) is 0.500. The van der Waals surface area contributed by atoms with Gasteiger partial charge in [-0.2, -0.15) is 0 Å². The summed E-state index contributed by atoms with van der Waals surface area (Å²) in [5, 5.41) is 2.79. The van der Waals surface area contributed by atoms with E-state index in [1.807, 2.05) is 20.8 Å². The lowest BCUT2D eigenvalue weighted by Gasteiger charge is -2.26. The molecule has 0 saturated carbocycles. The number of amides is 2. The van der Waals surface area contributed by atoms with E-state index in [1.165, 1.54) is 0 Å². The molecule has 2 amide bonds. The number of carbonyl (C=O) groups is 2. The molecular formula is C18H24N4O4S. The van der Waals surface area contributed by atoms with Crippen LogP contribution in [0, 0.1) is 0 Å². The van der Waals surface area contributed by atoms with Gasteiger partial charge in [-0.05, 0) is 39.3 Å². The first kappa shape index (κ1) is 19.3. The molecule has 9 heteroatoms. The van der Waals surface area contributed by atoms with Gasteiger partial charge in [-0.3, -0.25) is 14.0 Å². The van der Waals surface area contributed by atoms with Gasteiger partial charge in [-0.1, -0.05) is 6.07 Å². The van der Waals surface area contributed by atoms with E-state index in [-0.39, 0.29) is 46.9 Å². The Bertz CT molecular complexity index is 980. The normalized spacial score (nSPS) is 18.7. The highest BCUT2D eigenvalue weighted by molar-refractivity contribution is 7.91. The van der Waals surface area contributed by atoms with Crippen molar-refractivity contribution < 1.29 is 18.0 Å². The van der Waals surface area contributed by atoms with Gasteiger partial charge in [-0.15, -0.1) is 0 Å². The second-order valence-electron chi connectivity index (χ2n) is 7.02. The largest absolute Gasteiger partial charge is 0.347 e. The summed E-state index contributed by atoms with van der Waals surface area (Å²) in [5.74, 6) is -0.520. The molecule has 0 aromatic carbocycles. The first-order chi connectivity index (χ1) is 12.7. The van der Waals surface area contributed by atoms with E-state index < -0.39 is 9.84 Å². The van der Waals surface area contributed by atoms with Gasteiger partial charge in [0.1, 0.15) is 0 Å². The molecule has 1 atom stereocenters. The molecule has 1 fully saturated rings. The number of nitrogens with one attached hydrogen (secondary N) is 1. The Hall–Kier alpha value is -2.42. The van der Waals surface area contributed by atoms with Crippen LogP contribution in [0.3, 0.4) is 0 Å². The Labute approximate surface area is 158 Å². The van der Waals surface area contributed by atoms with Crippen molar-refractivity contribution >= 4 is 27.2 Å². The molecule has 2 aromatic heterocycles.